The molecule has 0 aliphatic carbocycles. The Morgan fingerprint density at radius 1 is 1.17 bits per heavy atom. The zero-order valence-corrected chi connectivity index (χ0v) is 12.0. The van der Waals surface area contributed by atoms with Crippen LogP contribution in [-0.4, -0.2) is 25.9 Å². The van der Waals surface area contributed by atoms with Crippen molar-refractivity contribution in [3.05, 3.63) is 22.8 Å². The van der Waals surface area contributed by atoms with Crippen molar-refractivity contribution >= 4 is 0 Å². The Labute approximate surface area is 110 Å². The smallest absolute Gasteiger partial charge is 0.125 e. The van der Waals surface area contributed by atoms with Crippen molar-refractivity contribution in [3.63, 3.8) is 0 Å². The zero-order valence-electron chi connectivity index (χ0n) is 12.0. The first-order valence-corrected chi connectivity index (χ1v) is 6.40. The lowest BCUT2D eigenvalue weighted by Crippen LogP contribution is -2.10. The fraction of sp³-hybridized carbons (Fsp3) is 0.600. The van der Waals surface area contributed by atoms with Crippen LogP contribution in [0.4, 0.5) is 0 Å². The summed E-state index contributed by atoms with van der Waals surface area (Å²) in [5.74, 6) is 2.07. The molecule has 0 fully saturated rings. The largest absolute Gasteiger partial charge is 0.496 e. The van der Waals surface area contributed by atoms with Crippen molar-refractivity contribution < 1.29 is 14.6 Å². The molecule has 1 aromatic rings. The molecule has 0 radical (unpaired) electrons. The van der Waals surface area contributed by atoms with E-state index in [0.717, 1.165) is 41.0 Å². The van der Waals surface area contributed by atoms with Crippen LogP contribution in [0, 0.1) is 19.8 Å². The molecule has 0 heterocycles. The molecule has 0 aliphatic heterocycles. The van der Waals surface area contributed by atoms with Gasteiger partial charge in [0.05, 0.1) is 14.2 Å². The van der Waals surface area contributed by atoms with E-state index in [1.54, 1.807) is 14.2 Å². The third-order valence-corrected chi connectivity index (χ3v) is 3.64. The molecule has 0 saturated heterocycles. The maximum atomic E-state index is 9.33. The second-order valence-corrected chi connectivity index (χ2v) is 4.68. The van der Waals surface area contributed by atoms with Gasteiger partial charge in [0.2, 0.25) is 0 Å². The zero-order chi connectivity index (χ0) is 13.7. The summed E-state index contributed by atoms with van der Waals surface area (Å²) in [5.41, 5.74) is 3.33. The number of rotatable bonds is 6. The van der Waals surface area contributed by atoms with E-state index in [9.17, 15) is 5.11 Å². The standard InChI is InChI=1S/C15H24O3/c1-6-12(9-16)7-13-8-14(17-4)10(2)11(3)15(13)18-5/h8,12,16H,6-7,9H2,1-5H3. The summed E-state index contributed by atoms with van der Waals surface area (Å²) in [4.78, 5) is 0. The number of aliphatic hydroxyl groups excluding tert-OH is 1. The summed E-state index contributed by atoms with van der Waals surface area (Å²) < 4.78 is 10.9. The van der Waals surface area contributed by atoms with E-state index in [0.29, 0.717) is 0 Å². The molecule has 1 unspecified atom stereocenters. The quantitative estimate of drug-likeness (QED) is 0.846. The molecular formula is C15H24O3. The SMILES string of the molecule is CCC(CO)Cc1cc(OC)c(C)c(C)c1OC. The molecular weight excluding hydrogens is 228 g/mol. The van der Waals surface area contributed by atoms with Crippen LogP contribution in [0.5, 0.6) is 11.5 Å². The summed E-state index contributed by atoms with van der Waals surface area (Å²) in [6, 6.07) is 2.03. The van der Waals surface area contributed by atoms with Gasteiger partial charge in [-0.2, -0.15) is 0 Å². The summed E-state index contributed by atoms with van der Waals surface area (Å²) in [6.45, 7) is 6.37. The van der Waals surface area contributed by atoms with Crippen LogP contribution in [0.25, 0.3) is 0 Å². The van der Waals surface area contributed by atoms with Crippen molar-refractivity contribution in [2.45, 2.75) is 33.6 Å². The van der Waals surface area contributed by atoms with E-state index < -0.39 is 0 Å². The van der Waals surface area contributed by atoms with Gasteiger partial charge in [0, 0.05) is 6.61 Å². The summed E-state index contributed by atoms with van der Waals surface area (Å²) >= 11 is 0. The van der Waals surface area contributed by atoms with Gasteiger partial charge in [-0.15, -0.1) is 0 Å². The Morgan fingerprint density at radius 3 is 2.28 bits per heavy atom. The van der Waals surface area contributed by atoms with Crippen molar-refractivity contribution in [2.75, 3.05) is 20.8 Å². The average molecular weight is 252 g/mol. The monoisotopic (exact) mass is 252 g/mol. The van der Waals surface area contributed by atoms with Crippen LogP contribution in [0.1, 0.15) is 30.0 Å². The van der Waals surface area contributed by atoms with Gasteiger partial charge >= 0.3 is 0 Å². The molecule has 0 bridgehead atoms. The van der Waals surface area contributed by atoms with Crippen LogP contribution in [0.2, 0.25) is 0 Å². The van der Waals surface area contributed by atoms with Crippen molar-refractivity contribution in [1.29, 1.82) is 0 Å². The van der Waals surface area contributed by atoms with Gasteiger partial charge < -0.3 is 14.6 Å². The second-order valence-electron chi connectivity index (χ2n) is 4.68. The molecule has 3 heteroatoms. The maximum absolute atomic E-state index is 9.33. The highest BCUT2D eigenvalue weighted by molar-refractivity contribution is 5.52. The number of methoxy groups -OCH3 is 2. The maximum Gasteiger partial charge on any atom is 0.125 e. The molecule has 1 N–H and O–H groups in total. The Balaban J connectivity index is 3.20. The Morgan fingerprint density at radius 2 is 1.83 bits per heavy atom. The van der Waals surface area contributed by atoms with Crippen LogP contribution >= 0.6 is 0 Å². The molecule has 0 aliphatic rings. The third kappa shape index (κ3) is 2.96. The van der Waals surface area contributed by atoms with E-state index >= 15 is 0 Å². The number of hydrogen-bond donors (Lipinski definition) is 1. The predicted molar refractivity (Wildman–Crippen MR) is 73.6 cm³/mol. The van der Waals surface area contributed by atoms with Gasteiger partial charge in [-0.25, -0.2) is 0 Å². The molecule has 1 aromatic carbocycles. The minimum atomic E-state index is 0.203. The Hall–Kier alpha value is -1.22. The second kappa shape index (κ2) is 6.64. The lowest BCUT2D eigenvalue weighted by molar-refractivity contribution is 0.221. The minimum Gasteiger partial charge on any atom is -0.496 e. The first-order chi connectivity index (χ1) is 8.58. The number of hydrogen-bond acceptors (Lipinski definition) is 3. The van der Waals surface area contributed by atoms with Crippen LogP contribution in [0.15, 0.2) is 6.07 Å². The molecule has 1 rings (SSSR count). The lowest BCUT2D eigenvalue weighted by atomic mass is 9.93. The van der Waals surface area contributed by atoms with E-state index in [1.165, 1.54) is 0 Å². The molecule has 0 aromatic heterocycles. The van der Waals surface area contributed by atoms with Crippen LogP contribution in [0.3, 0.4) is 0 Å². The van der Waals surface area contributed by atoms with E-state index in [-0.39, 0.29) is 12.5 Å². The third-order valence-electron chi connectivity index (χ3n) is 3.64. The molecule has 0 spiro atoms. The Bertz CT molecular complexity index is 395. The average Bonchev–Trinajstić information content (AvgIpc) is 2.39. The summed E-state index contributed by atoms with van der Waals surface area (Å²) in [5, 5.41) is 9.33. The fourth-order valence-electron chi connectivity index (χ4n) is 2.22. The summed E-state index contributed by atoms with van der Waals surface area (Å²) in [7, 11) is 3.37. The van der Waals surface area contributed by atoms with E-state index in [2.05, 4.69) is 6.92 Å². The highest BCUT2D eigenvalue weighted by Gasteiger charge is 2.16. The molecule has 0 amide bonds. The lowest BCUT2D eigenvalue weighted by Gasteiger charge is -2.19. The summed E-state index contributed by atoms with van der Waals surface area (Å²) in [6.07, 6.45) is 1.77. The molecule has 102 valence electrons. The molecule has 1 atom stereocenters. The number of ether oxygens (including phenoxy) is 2. The fourth-order valence-corrected chi connectivity index (χ4v) is 2.22. The minimum absolute atomic E-state index is 0.203. The highest BCUT2D eigenvalue weighted by atomic mass is 16.5. The van der Waals surface area contributed by atoms with Gasteiger partial charge in [0.15, 0.2) is 0 Å². The van der Waals surface area contributed by atoms with Crippen molar-refractivity contribution in [3.8, 4) is 11.5 Å². The predicted octanol–water partition coefficient (Wildman–Crippen LogP) is 2.88. The first kappa shape index (κ1) is 14.8. The Kier molecular flexibility index (Phi) is 5.48. The van der Waals surface area contributed by atoms with Gasteiger partial charge in [0.25, 0.3) is 0 Å². The van der Waals surface area contributed by atoms with Gasteiger partial charge in [-0.3, -0.25) is 0 Å². The van der Waals surface area contributed by atoms with Crippen molar-refractivity contribution in [1.82, 2.24) is 0 Å². The molecule has 3 nitrogen and oxygen atoms in total. The molecule has 0 saturated carbocycles. The van der Waals surface area contributed by atoms with Gasteiger partial charge in [-0.05, 0) is 48.9 Å². The first-order valence-electron chi connectivity index (χ1n) is 6.40. The van der Waals surface area contributed by atoms with Gasteiger partial charge in [0.1, 0.15) is 11.5 Å². The van der Waals surface area contributed by atoms with Crippen LogP contribution in [-0.2, 0) is 6.42 Å². The normalized spacial score (nSPS) is 12.3. The number of aliphatic hydroxyl groups is 1. The molecule has 18 heavy (non-hydrogen) atoms. The topological polar surface area (TPSA) is 38.7 Å². The van der Waals surface area contributed by atoms with Crippen molar-refractivity contribution in [2.24, 2.45) is 5.92 Å². The van der Waals surface area contributed by atoms with Gasteiger partial charge in [-0.1, -0.05) is 13.3 Å². The highest BCUT2D eigenvalue weighted by Crippen LogP contribution is 2.34. The van der Waals surface area contributed by atoms with E-state index in [1.807, 2.05) is 19.9 Å². The van der Waals surface area contributed by atoms with Crippen LogP contribution < -0.4 is 9.47 Å². The number of benzene rings is 1. The van der Waals surface area contributed by atoms with E-state index in [4.69, 9.17) is 9.47 Å².